The lowest BCUT2D eigenvalue weighted by Gasteiger charge is -1.45. The van der Waals surface area contributed by atoms with Gasteiger partial charge in [0.2, 0.25) is 0 Å². The van der Waals surface area contributed by atoms with Crippen LogP contribution in [0.15, 0.2) is 0 Å². The average molecular weight is 83.1 g/mol. The lowest BCUT2D eigenvalue weighted by molar-refractivity contribution is 1.33. The van der Waals surface area contributed by atoms with Crippen molar-refractivity contribution in [2.75, 3.05) is 0 Å². The summed E-state index contributed by atoms with van der Waals surface area (Å²) in [5.41, 5.74) is 0. The van der Waals surface area contributed by atoms with Gasteiger partial charge in [-0.2, -0.15) is 10.5 Å². The van der Waals surface area contributed by atoms with Gasteiger partial charge in [0.25, 0.3) is 0 Å². The largest absolute Gasteiger partial charge is 0.344 e. The quantitative estimate of drug-likeness (QED) is 0.465. The Hall–Kier alpha value is -1.06. The molecule has 3 nitrogen and oxygen atoms in total. The third-order valence-corrected chi connectivity index (χ3v) is 0.158. The van der Waals surface area contributed by atoms with Gasteiger partial charge in [0.05, 0.1) is 12.1 Å². The fraction of sp³-hybridized carbons (Fsp3) is 0.333. The van der Waals surface area contributed by atoms with Crippen molar-refractivity contribution in [2.45, 2.75) is 6.42 Å². The minimum Gasteiger partial charge on any atom is -0.344 e. The van der Waals surface area contributed by atoms with E-state index in [1.165, 1.54) is 0 Å². The van der Waals surface area contributed by atoms with Crippen molar-refractivity contribution in [2.24, 2.45) is 0 Å². The van der Waals surface area contributed by atoms with E-state index < -0.39 is 0 Å². The fourth-order valence-corrected chi connectivity index (χ4v) is 0.0354. The molecule has 0 atom stereocenters. The molecule has 0 saturated carbocycles. The Bertz CT molecular complexity index is 71.2. The molecule has 0 heterocycles. The monoisotopic (exact) mass is 83.0 g/mol. The van der Waals surface area contributed by atoms with Crippen LogP contribution in [-0.2, 0) is 0 Å². The SMILES string of the molecule is N.N#CCC#N. The molecule has 0 aliphatic heterocycles. The molecule has 0 aromatic carbocycles. The zero-order valence-corrected chi connectivity index (χ0v) is 3.31. The lowest BCUT2D eigenvalue weighted by atomic mass is 10.5. The van der Waals surface area contributed by atoms with Crippen molar-refractivity contribution in [3.8, 4) is 12.1 Å². The summed E-state index contributed by atoms with van der Waals surface area (Å²) < 4.78 is 0. The van der Waals surface area contributed by atoms with Crippen LogP contribution >= 0.6 is 0 Å². The fourth-order valence-electron chi connectivity index (χ4n) is 0.0354. The second kappa shape index (κ2) is 9.05. The zero-order valence-electron chi connectivity index (χ0n) is 3.31. The highest BCUT2D eigenvalue weighted by Crippen LogP contribution is 1.59. The number of rotatable bonds is 0. The summed E-state index contributed by atoms with van der Waals surface area (Å²) in [6, 6.07) is 3.31. The summed E-state index contributed by atoms with van der Waals surface area (Å²) in [6.07, 6.45) is 0. The van der Waals surface area contributed by atoms with E-state index in [1.54, 1.807) is 12.1 Å². The maximum Gasteiger partial charge on any atom is 0.122 e. The van der Waals surface area contributed by atoms with Gasteiger partial charge < -0.3 is 6.15 Å². The Morgan fingerprint density at radius 3 is 1.50 bits per heavy atom. The molecule has 0 spiro atoms. The number of hydrogen-bond acceptors (Lipinski definition) is 3. The van der Waals surface area contributed by atoms with Crippen molar-refractivity contribution >= 4 is 0 Å². The summed E-state index contributed by atoms with van der Waals surface area (Å²) in [7, 11) is 0. The molecule has 0 rings (SSSR count). The zero-order chi connectivity index (χ0) is 4.12. The number of nitriles is 2. The van der Waals surface area contributed by atoms with Gasteiger partial charge in [0.1, 0.15) is 6.42 Å². The summed E-state index contributed by atoms with van der Waals surface area (Å²) in [4.78, 5) is 0. The smallest absolute Gasteiger partial charge is 0.122 e. The van der Waals surface area contributed by atoms with Gasteiger partial charge in [-0.05, 0) is 0 Å². The topological polar surface area (TPSA) is 82.6 Å². The second-order valence-corrected chi connectivity index (χ2v) is 0.493. The molecule has 3 heteroatoms. The first kappa shape index (κ1) is 8.87. The van der Waals surface area contributed by atoms with Crippen LogP contribution < -0.4 is 6.15 Å². The van der Waals surface area contributed by atoms with E-state index in [9.17, 15) is 0 Å². The highest BCUT2D eigenvalue weighted by Gasteiger charge is 1.61. The maximum atomic E-state index is 7.59. The van der Waals surface area contributed by atoms with E-state index >= 15 is 0 Å². The van der Waals surface area contributed by atoms with Gasteiger partial charge in [-0.15, -0.1) is 0 Å². The molecular weight excluding hydrogens is 78.1 g/mol. The maximum absolute atomic E-state index is 7.59. The van der Waals surface area contributed by atoms with E-state index in [0.717, 1.165) is 0 Å². The van der Waals surface area contributed by atoms with Crippen LogP contribution in [0.1, 0.15) is 6.42 Å². The Labute approximate surface area is 36.4 Å². The summed E-state index contributed by atoms with van der Waals surface area (Å²) >= 11 is 0. The molecule has 0 aliphatic carbocycles. The number of nitrogens with zero attached hydrogens (tertiary/aromatic N) is 2. The third kappa shape index (κ3) is 12.5. The molecule has 32 valence electrons. The molecule has 0 amide bonds. The Morgan fingerprint density at radius 2 is 1.50 bits per heavy atom. The first-order chi connectivity index (χ1) is 2.41. The molecule has 0 fully saturated rings. The van der Waals surface area contributed by atoms with Gasteiger partial charge in [0.15, 0.2) is 0 Å². The van der Waals surface area contributed by atoms with Crippen LogP contribution in [-0.4, -0.2) is 0 Å². The Kier molecular flexibility index (Phi) is 13.4. The van der Waals surface area contributed by atoms with Crippen LogP contribution in [0, 0.1) is 22.7 Å². The normalized spacial score (nSPS) is 3.67. The third-order valence-electron chi connectivity index (χ3n) is 0.158. The minimum atomic E-state index is 0. The Morgan fingerprint density at radius 1 is 1.17 bits per heavy atom. The number of hydrogen-bond donors (Lipinski definition) is 1. The van der Waals surface area contributed by atoms with E-state index in [1.807, 2.05) is 0 Å². The Balaban J connectivity index is 0. The van der Waals surface area contributed by atoms with Crippen LogP contribution in [0.2, 0.25) is 0 Å². The van der Waals surface area contributed by atoms with Gasteiger partial charge >= 0.3 is 0 Å². The molecule has 6 heavy (non-hydrogen) atoms. The summed E-state index contributed by atoms with van der Waals surface area (Å²) in [5.74, 6) is 0. The van der Waals surface area contributed by atoms with Gasteiger partial charge in [-0.25, -0.2) is 0 Å². The lowest BCUT2D eigenvalue weighted by Crippen LogP contribution is -1.47. The minimum absolute atomic E-state index is 0. The van der Waals surface area contributed by atoms with E-state index in [0.29, 0.717) is 0 Å². The van der Waals surface area contributed by atoms with Crippen molar-refractivity contribution in [1.82, 2.24) is 6.15 Å². The molecule has 0 bridgehead atoms. The predicted octanol–water partition coefficient (Wildman–Crippen LogP) is 0.586. The molecular formula is C3H5N3. The second-order valence-electron chi connectivity index (χ2n) is 0.493. The molecule has 0 radical (unpaired) electrons. The van der Waals surface area contributed by atoms with Crippen molar-refractivity contribution in [3.63, 3.8) is 0 Å². The molecule has 0 aromatic rings. The first-order valence-electron chi connectivity index (χ1n) is 1.15. The van der Waals surface area contributed by atoms with Crippen LogP contribution in [0.5, 0.6) is 0 Å². The van der Waals surface area contributed by atoms with Crippen molar-refractivity contribution in [3.05, 3.63) is 0 Å². The van der Waals surface area contributed by atoms with Crippen LogP contribution in [0.4, 0.5) is 0 Å². The predicted molar refractivity (Wildman–Crippen MR) is 20.9 cm³/mol. The van der Waals surface area contributed by atoms with Gasteiger partial charge in [0, 0.05) is 0 Å². The van der Waals surface area contributed by atoms with Gasteiger partial charge in [-0.1, -0.05) is 0 Å². The first-order valence-corrected chi connectivity index (χ1v) is 1.15. The molecule has 0 saturated heterocycles. The van der Waals surface area contributed by atoms with Crippen molar-refractivity contribution in [1.29, 1.82) is 10.5 Å². The average Bonchev–Trinajstić information content (AvgIpc) is 1.41. The van der Waals surface area contributed by atoms with Gasteiger partial charge in [-0.3, -0.25) is 0 Å². The van der Waals surface area contributed by atoms with E-state index in [4.69, 9.17) is 10.5 Å². The molecule has 0 aliphatic rings. The molecule has 0 unspecified atom stereocenters. The highest BCUT2D eigenvalue weighted by molar-refractivity contribution is 4.85. The summed E-state index contributed by atoms with van der Waals surface area (Å²) in [5, 5.41) is 15.2. The molecule has 3 N–H and O–H groups in total. The van der Waals surface area contributed by atoms with Crippen LogP contribution in [0.3, 0.4) is 0 Å². The standard InChI is InChI=1S/C3H2N2.H3N/c4-2-1-3-5;/h1H2;1H3. The van der Waals surface area contributed by atoms with Crippen LogP contribution in [0.25, 0.3) is 0 Å². The summed E-state index contributed by atoms with van der Waals surface area (Å²) in [6.45, 7) is 0. The van der Waals surface area contributed by atoms with E-state index in [-0.39, 0.29) is 12.6 Å². The molecule has 0 aromatic heterocycles. The van der Waals surface area contributed by atoms with Crippen molar-refractivity contribution < 1.29 is 0 Å². The van der Waals surface area contributed by atoms with E-state index in [2.05, 4.69) is 0 Å². The highest BCUT2D eigenvalue weighted by atomic mass is 14.3.